The molecule has 3 nitrogen and oxygen atoms in total. The van der Waals surface area contributed by atoms with Crippen LogP contribution in [0.1, 0.15) is 29.3 Å². The number of hydrogen-bond donors (Lipinski definition) is 2. The van der Waals surface area contributed by atoms with Crippen molar-refractivity contribution in [2.24, 2.45) is 5.73 Å². The van der Waals surface area contributed by atoms with Crippen LogP contribution in [0.4, 0.5) is 10.1 Å². The SMILES string of the molecule is CC(CCc1ccccc1)Nc1ccc(F)c(C(N)=O)c1. The van der Waals surface area contributed by atoms with Crippen LogP contribution in [-0.2, 0) is 6.42 Å². The minimum atomic E-state index is -0.756. The van der Waals surface area contributed by atoms with E-state index in [9.17, 15) is 9.18 Å². The number of anilines is 1. The largest absolute Gasteiger partial charge is 0.383 e. The third kappa shape index (κ3) is 4.31. The number of primary amides is 1. The molecule has 1 atom stereocenters. The van der Waals surface area contributed by atoms with Crippen LogP contribution in [0.5, 0.6) is 0 Å². The normalized spacial score (nSPS) is 11.9. The quantitative estimate of drug-likeness (QED) is 0.855. The molecule has 1 unspecified atom stereocenters. The maximum atomic E-state index is 13.4. The van der Waals surface area contributed by atoms with Crippen molar-refractivity contribution in [3.8, 4) is 0 Å². The van der Waals surface area contributed by atoms with Gasteiger partial charge in [0, 0.05) is 11.7 Å². The van der Waals surface area contributed by atoms with E-state index in [4.69, 9.17) is 5.73 Å². The van der Waals surface area contributed by atoms with Crippen molar-refractivity contribution in [2.45, 2.75) is 25.8 Å². The van der Waals surface area contributed by atoms with E-state index in [-0.39, 0.29) is 11.6 Å². The minimum Gasteiger partial charge on any atom is -0.383 e. The summed E-state index contributed by atoms with van der Waals surface area (Å²) in [5.74, 6) is -1.35. The van der Waals surface area contributed by atoms with Crippen molar-refractivity contribution >= 4 is 11.6 Å². The lowest BCUT2D eigenvalue weighted by atomic mass is 10.1. The van der Waals surface area contributed by atoms with Crippen molar-refractivity contribution < 1.29 is 9.18 Å². The molecule has 110 valence electrons. The van der Waals surface area contributed by atoms with Crippen LogP contribution >= 0.6 is 0 Å². The number of halogens is 1. The lowest BCUT2D eigenvalue weighted by molar-refractivity contribution is 0.0996. The van der Waals surface area contributed by atoms with Gasteiger partial charge in [0.25, 0.3) is 5.91 Å². The third-order valence-electron chi connectivity index (χ3n) is 3.35. The molecule has 0 radical (unpaired) electrons. The number of nitrogens with one attached hydrogen (secondary N) is 1. The molecule has 0 heterocycles. The molecule has 3 N–H and O–H groups in total. The number of amides is 1. The molecule has 0 saturated carbocycles. The van der Waals surface area contributed by atoms with E-state index in [1.54, 1.807) is 6.07 Å². The van der Waals surface area contributed by atoms with E-state index in [1.165, 1.54) is 17.7 Å². The molecule has 0 aliphatic heterocycles. The first-order valence-corrected chi connectivity index (χ1v) is 6.96. The molecule has 2 aromatic carbocycles. The van der Waals surface area contributed by atoms with Gasteiger partial charge in [-0.1, -0.05) is 30.3 Å². The Labute approximate surface area is 124 Å². The molecule has 0 bridgehead atoms. The summed E-state index contributed by atoms with van der Waals surface area (Å²) in [5.41, 5.74) is 7.03. The summed E-state index contributed by atoms with van der Waals surface area (Å²) in [7, 11) is 0. The predicted molar refractivity (Wildman–Crippen MR) is 82.8 cm³/mol. The average Bonchev–Trinajstić information content (AvgIpc) is 2.48. The number of benzene rings is 2. The Bertz CT molecular complexity index is 613. The van der Waals surface area contributed by atoms with Gasteiger partial charge in [-0.05, 0) is 43.5 Å². The van der Waals surface area contributed by atoms with Crippen molar-refractivity contribution in [2.75, 3.05) is 5.32 Å². The number of carbonyl (C=O) groups excluding carboxylic acids is 1. The van der Waals surface area contributed by atoms with Gasteiger partial charge in [0.05, 0.1) is 5.56 Å². The number of hydrogen-bond acceptors (Lipinski definition) is 2. The van der Waals surface area contributed by atoms with Crippen LogP contribution in [0.2, 0.25) is 0 Å². The van der Waals surface area contributed by atoms with Gasteiger partial charge in [-0.15, -0.1) is 0 Å². The lowest BCUT2D eigenvalue weighted by Gasteiger charge is -2.16. The second-order valence-electron chi connectivity index (χ2n) is 5.13. The molecule has 0 spiro atoms. The molecule has 2 rings (SSSR count). The van der Waals surface area contributed by atoms with Gasteiger partial charge in [-0.25, -0.2) is 4.39 Å². The van der Waals surface area contributed by atoms with E-state index in [0.717, 1.165) is 12.8 Å². The molecular weight excluding hydrogens is 267 g/mol. The van der Waals surface area contributed by atoms with Crippen molar-refractivity contribution in [1.82, 2.24) is 0 Å². The van der Waals surface area contributed by atoms with Crippen molar-refractivity contribution in [3.63, 3.8) is 0 Å². The highest BCUT2D eigenvalue weighted by Gasteiger charge is 2.10. The Morgan fingerprint density at radius 3 is 2.62 bits per heavy atom. The summed E-state index contributed by atoms with van der Waals surface area (Å²) in [6.07, 6.45) is 1.90. The zero-order valence-electron chi connectivity index (χ0n) is 12.0. The highest BCUT2D eigenvalue weighted by molar-refractivity contribution is 5.94. The molecule has 0 aliphatic rings. The Morgan fingerprint density at radius 1 is 1.24 bits per heavy atom. The summed E-state index contributed by atoms with van der Waals surface area (Å²) < 4.78 is 13.4. The highest BCUT2D eigenvalue weighted by atomic mass is 19.1. The fourth-order valence-corrected chi connectivity index (χ4v) is 2.19. The lowest BCUT2D eigenvalue weighted by Crippen LogP contribution is -2.18. The van der Waals surface area contributed by atoms with Crippen LogP contribution in [0, 0.1) is 5.82 Å². The van der Waals surface area contributed by atoms with Crippen LogP contribution in [0.3, 0.4) is 0 Å². The Balaban J connectivity index is 1.95. The molecule has 0 aromatic heterocycles. The highest BCUT2D eigenvalue weighted by Crippen LogP contribution is 2.16. The maximum Gasteiger partial charge on any atom is 0.251 e. The summed E-state index contributed by atoms with van der Waals surface area (Å²) in [5, 5.41) is 3.26. The predicted octanol–water partition coefficient (Wildman–Crippen LogP) is 3.36. The Kier molecular flexibility index (Phi) is 4.93. The fourth-order valence-electron chi connectivity index (χ4n) is 2.19. The first-order chi connectivity index (χ1) is 10.1. The summed E-state index contributed by atoms with van der Waals surface area (Å²) in [4.78, 5) is 11.1. The van der Waals surface area contributed by atoms with Gasteiger partial charge in [-0.2, -0.15) is 0 Å². The molecule has 1 amide bonds. The molecule has 2 aromatic rings. The van der Waals surface area contributed by atoms with E-state index < -0.39 is 11.7 Å². The van der Waals surface area contributed by atoms with Gasteiger partial charge in [0.2, 0.25) is 0 Å². The van der Waals surface area contributed by atoms with Gasteiger partial charge in [-0.3, -0.25) is 4.79 Å². The number of nitrogens with two attached hydrogens (primary N) is 1. The zero-order chi connectivity index (χ0) is 15.2. The summed E-state index contributed by atoms with van der Waals surface area (Å²) in [6, 6.07) is 14.8. The zero-order valence-corrected chi connectivity index (χ0v) is 12.0. The summed E-state index contributed by atoms with van der Waals surface area (Å²) >= 11 is 0. The monoisotopic (exact) mass is 286 g/mol. The second kappa shape index (κ2) is 6.88. The van der Waals surface area contributed by atoms with Gasteiger partial charge < -0.3 is 11.1 Å². The second-order valence-corrected chi connectivity index (χ2v) is 5.13. The molecule has 0 fully saturated rings. The molecule has 21 heavy (non-hydrogen) atoms. The van der Waals surface area contributed by atoms with E-state index in [2.05, 4.69) is 24.4 Å². The first-order valence-electron chi connectivity index (χ1n) is 6.96. The Morgan fingerprint density at radius 2 is 1.95 bits per heavy atom. The molecular formula is C17H19FN2O. The van der Waals surface area contributed by atoms with Crippen LogP contribution in [-0.4, -0.2) is 11.9 Å². The fraction of sp³-hybridized carbons (Fsp3) is 0.235. The number of aryl methyl sites for hydroxylation is 1. The van der Waals surface area contributed by atoms with E-state index in [1.807, 2.05) is 18.2 Å². The number of carbonyl (C=O) groups is 1. The smallest absolute Gasteiger partial charge is 0.251 e. The average molecular weight is 286 g/mol. The number of rotatable bonds is 6. The van der Waals surface area contributed by atoms with Gasteiger partial charge in [0.1, 0.15) is 5.82 Å². The van der Waals surface area contributed by atoms with Crippen molar-refractivity contribution in [3.05, 3.63) is 65.5 Å². The summed E-state index contributed by atoms with van der Waals surface area (Å²) in [6.45, 7) is 2.05. The van der Waals surface area contributed by atoms with Gasteiger partial charge in [0.15, 0.2) is 0 Å². The Hall–Kier alpha value is -2.36. The van der Waals surface area contributed by atoms with E-state index in [0.29, 0.717) is 5.69 Å². The van der Waals surface area contributed by atoms with Crippen LogP contribution < -0.4 is 11.1 Å². The topological polar surface area (TPSA) is 55.1 Å². The van der Waals surface area contributed by atoms with Crippen molar-refractivity contribution in [1.29, 1.82) is 0 Å². The molecule has 0 aliphatic carbocycles. The third-order valence-corrected chi connectivity index (χ3v) is 3.35. The minimum absolute atomic E-state index is 0.0877. The molecule has 4 heteroatoms. The standard InChI is InChI=1S/C17H19FN2O/c1-12(7-8-13-5-3-2-4-6-13)20-14-9-10-16(18)15(11-14)17(19)21/h2-6,9-12,20H,7-8H2,1H3,(H2,19,21). The van der Waals surface area contributed by atoms with Crippen LogP contribution in [0.25, 0.3) is 0 Å². The molecule has 0 saturated heterocycles. The van der Waals surface area contributed by atoms with Gasteiger partial charge >= 0.3 is 0 Å². The first kappa shape index (κ1) is 15.0. The van der Waals surface area contributed by atoms with E-state index >= 15 is 0 Å². The van der Waals surface area contributed by atoms with Crippen LogP contribution in [0.15, 0.2) is 48.5 Å². The maximum absolute atomic E-state index is 13.4.